The fourth-order valence-corrected chi connectivity index (χ4v) is 3.69. The van der Waals surface area contributed by atoms with Crippen molar-refractivity contribution in [2.45, 2.75) is 31.5 Å². The highest BCUT2D eigenvalue weighted by atomic mass is 16.5. The number of rotatable bonds is 3. The first kappa shape index (κ1) is 16.1. The van der Waals surface area contributed by atoms with Crippen LogP contribution in [0.1, 0.15) is 23.8 Å². The average molecular weight is 342 g/mol. The number of aromatic nitrogens is 2. The lowest BCUT2D eigenvalue weighted by molar-refractivity contribution is -0.0390. The molecule has 2 fully saturated rings. The molecule has 1 aromatic carbocycles. The fourth-order valence-electron chi connectivity index (χ4n) is 3.69. The number of carbonyl (C=O) groups excluding carboxylic acids is 1. The van der Waals surface area contributed by atoms with E-state index in [9.17, 15) is 9.59 Å². The number of amides is 1. The van der Waals surface area contributed by atoms with Crippen LogP contribution in [0.2, 0.25) is 0 Å². The van der Waals surface area contributed by atoms with Crippen molar-refractivity contribution in [1.82, 2.24) is 20.0 Å². The Balaban J connectivity index is 1.45. The second-order valence-corrected chi connectivity index (χ2v) is 6.84. The molecule has 7 nitrogen and oxygen atoms in total. The quantitative estimate of drug-likeness (QED) is 0.863. The summed E-state index contributed by atoms with van der Waals surface area (Å²) in [6.45, 7) is 4.51. The van der Waals surface area contributed by atoms with Crippen molar-refractivity contribution in [1.29, 1.82) is 0 Å². The van der Waals surface area contributed by atoms with Gasteiger partial charge in [0.1, 0.15) is 5.69 Å². The normalized spacial score (nSPS) is 26.4. The minimum absolute atomic E-state index is 0.0787. The van der Waals surface area contributed by atoms with Gasteiger partial charge in [0.25, 0.3) is 11.5 Å². The van der Waals surface area contributed by atoms with E-state index in [1.165, 1.54) is 10.7 Å². The van der Waals surface area contributed by atoms with Gasteiger partial charge in [-0.05, 0) is 25.5 Å². The maximum atomic E-state index is 12.5. The summed E-state index contributed by atoms with van der Waals surface area (Å²) in [5, 5.41) is 5.93. The molecule has 0 saturated carbocycles. The van der Waals surface area contributed by atoms with Crippen molar-refractivity contribution in [3.05, 3.63) is 52.4 Å². The molecule has 1 aromatic heterocycles. The Hall–Kier alpha value is -2.38. The van der Waals surface area contributed by atoms with Crippen LogP contribution in [0, 0.1) is 0 Å². The number of carbonyl (C=O) groups is 1. The highest BCUT2D eigenvalue weighted by Gasteiger charge is 2.36. The molecule has 132 valence electrons. The molecule has 0 bridgehead atoms. The van der Waals surface area contributed by atoms with Crippen LogP contribution in [0.15, 0.2) is 41.2 Å². The van der Waals surface area contributed by atoms with Crippen LogP contribution >= 0.6 is 0 Å². The summed E-state index contributed by atoms with van der Waals surface area (Å²) in [5.74, 6) is -0.245. The molecule has 2 aromatic rings. The molecule has 0 unspecified atom stereocenters. The molecule has 25 heavy (non-hydrogen) atoms. The van der Waals surface area contributed by atoms with Crippen molar-refractivity contribution < 1.29 is 9.53 Å². The summed E-state index contributed by atoms with van der Waals surface area (Å²) in [6, 6.07) is 11.0. The Morgan fingerprint density at radius 2 is 2.08 bits per heavy atom. The third kappa shape index (κ3) is 3.25. The number of nitrogens with one attached hydrogen (secondary N) is 2. The van der Waals surface area contributed by atoms with Crippen LogP contribution in [0.3, 0.4) is 0 Å². The summed E-state index contributed by atoms with van der Waals surface area (Å²) in [7, 11) is 0. The first-order chi connectivity index (χ1) is 12.1. The summed E-state index contributed by atoms with van der Waals surface area (Å²) >= 11 is 0. The van der Waals surface area contributed by atoms with Crippen molar-refractivity contribution in [3.63, 3.8) is 0 Å². The van der Waals surface area contributed by atoms with Crippen LogP contribution in [0.4, 0.5) is 0 Å². The largest absolute Gasteiger partial charge is 0.376 e. The number of benzene rings is 1. The molecule has 0 aliphatic carbocycles. The van der Waals surface area contributed by atoms with Gasteiger partial charge < -0.3 is 10.1 Å². The zero-order chi connectivity index (χ0) is 17.4. The number of aromatic amines is 1. The highest BCUT2D eigenvalue weighted by molar-refractivity contribution is 5.92. The topological polar surface area (TPSA) is 79.4 Å². The second kappa shape index (κ2) is 6.50. The van der Waals surface area contributed by atoms with Crippen molar-refractivity contribution in [2.24, 2.45) is 0 Å². The van der Waals surface area contributed by atoms with E-state index in [0.29, 0.717) is 11.7 Å². The van der Waals surface area contributed by atoms with Gasteiger partial charge in [0.05, 0.1) is 18.4 Å². The van der Waals surface area contributed by atoms with Crippen molar-refractivity contribution in [2.75, 3.05) is 19.7 Å². The van der Waals surface area contributed by atoms with Gasteiger partial charge in [-0.15, -0.1) is 0 Å². The van der Waals surface area contributed by atoms with Crippen molar-refractivity contribution >= 4 is 5.91 Å². The van der Waals surface area contributed by atoms with Gasteiger partial charge in [0.15, 0.2) is 0 Å². The van der Waals surface area contributed by atoms with E-state index < -0.39 is 0 Å². The molecule has 3 heterocycles. The molecule has 3 atom stereocenters. The maximum Gasteiger partial charge on any atom is 0.271 e. The minimum atomic E-state index is -0.248. The monoisotopic (exact) mass is 342 g/mol. The van der Waals surface area contributed by atoms with Gasteiger partial charge in [-0.3, -0.25) is 19.6 Å². The number of H-pyrrole nitrogens is 1. The van der Waals surface area contributed by atoms with E-state index in [1.807, 2.05) is 30.3 Å². The predicted molar refractivity (Wildman–Crippen MR) is 93.0 cm³/mol. The van der Waals surface area contributed by atoms with Crippen LogP contribution in [0.25, 0.3) is 5.69 Å². The third-order valence-electron chi connectivity index (χ3n) is 4.91. The van der Waals surface area contributed by atoms with Gasteiger partial charge in [-0.1, -0.05) is 18.2 Å². The molecule has 2 saturated heterocycles. The number of hydrogen-bond acceptors (Lipinski definition) is 4. The van der Waals surface area contributed by atoms with E-state index in [4.69, 9.17) is 4.74 Å². The Morgan fingerprint density at radius 3 is 2.88 bits per heavy atom. The number of nitrogens with zero attached hydrogens (tertiary/aromatic N) is 2. The van der Waals surface area contributed by atoms with E-state index in [-0.39, 0.29) is 29.3 Å². The van der Waals surface area contributed by atoms with Crippen LogP contribution in [0.5, 0.6) is 0 Å². The zero-order valence-electron chi connectivity index (χ0n) is 14.1. The van der Waals surface area contributed by atoms with Gasteiger partial charge in [-0.25, -0.2) is 4.68 Å². The molecule has 4 rings (SSSR count). The average Bonchev–Trinajstić information content (AvgIpc) is 3.18. The molecule has 1 amide bonds. The smallest absolute Gasteiger partial charge is 0.271 e. The Kier molecular flexibility index (Phi) is 4.19. The van der Waals surface area contributed by atoms with Gasteiger partial charge >= 0.3 is 0 Å². The zero-order valence-corrected chi connectivity index (χ0v) is 14.1. The first-order valence-corrected chi connectivity index (χ1v) is 8.64. The summed E-state index contributed by atoms with van der Waals surface area (Å²) in [6.07, 6.45) is 1.11. The SMILES string of the molecule is C[C@H]1CN2C[C@@H](NC(=O)c3cc(=O)n(-c4ccccc4)[nH]3)C[C@H]2CO1. The molecular formula is C18H22N4O3. The maximum absolute atomic E-state index is 12.5. The third-order valence-corrected chi connectivity index (χ3v) is 4.91. The predicted octanol–water partition coefficient (Wildman–Crippen LogP) is 0.757. The van der Waals surface area contributed by atoms with E-state index in [0.717, 1.165) is 26.1 Å². The lowest BCUT2D eigenvalue weighted by atomic mass is 10.1. The molecule has 2 aliphatic rings. The molecule has 0 spiro atoms. The number of ether oxygens (including phenoxy) is 1. The van der Waals surface area contributed by atoms with Gasteiger partial charge in [-0.2, -0.15) is 0 Å². The van der Waals surface area contributed by atoms with Gasteiger partial charge in [0, 0.05) is 31.2 Å². The lowest BCUT2D eigenvalue weighted by Crippen LogP contribution is -2.45. The molecule has 2 N–H and O–H groups in total. The highest BCUT2D eigenvalue weighted by Crippen LogP contribution is 2.23. The van der Waals surface area contributed by atoms with E-state index in [1.54, 1.807) is 0 Å². The Labute approximate surface area is 145 Å². The van der Waals surface area contributed by atoms with Crippen LogP contribution in [-0.4, -0.2) is 58.5 Å². The summed E-state index contributed by atoms with van der Waals surface area (Å²) in [4.78, 5) is 27.0. The van der Waals surface area contributed by atoms with Gasteiger partial charge in [0.2, 0.25) is 0 Å². The Morgan fingerprint density at radius 1 is 1.28 bits per heavy atom. The van der Waals surface area contributed by atoms with E-state index in [2.05, 4.69) is 22.2 Å². The first-order valence-electron chi connectivity index (χ1n) is 8.64. The van der Waals surface area contributed by atoms with Crippen molar-refractivity contribution in [3.8, 4) is 5.69 Å². The molecule has 0 radical (unpaired) electrons. The number of para-hydroxylation sites is 1. The molecule has 7 heteroatoms. The number of hydrogen-bond donors (Lipinski definition) is 2. The summed E-state index contributed by atoms with van der Waals surface area (Å²) < 4.78 is 7.07. The fraction of sp³-hybridized carbons (Fsp3) is 0.444. The van der Waals surface area contributed by atoms with E-state index >= 15 is 0 Å². The number of morpholine rings is 1. The van der Waals surface area contributed by atoms with Crippen LogP contribution < -0.4 is 10.9 Å². The molecular weight excluding hydrogens is 320 g/mol. The summed E-state index contributed by atoms with van der Waals surface area (Å²) in [5.41, 5.74) is 0.737. The second-order valence-electron chi connectivity index (χ2n) is 6.84. The van der Waals surface area contributed by atoms with Crippen LogP contribution in [-0.2, 0) is 4.74 Å². The molecule has 2 aliphatic heterocycles. The lowest BCUT2D eigenvalue weighted by Gasteiger charge is -2.33. The Bertz CT molecular complexity index is 813. The standard InChI is InChI=1S/C18H22N4O3/c1-12-9-21-10-13(7-15(21)11-25-12)19-18(24)16-8-17(23)22(20-16)14-5-3-2-4-6-14/h2-6,8,12-13,15,20H,7,9-11H2,1H3,(H,19,24)/t12-,13-,15-/m0/s1. The number of fused-ring (bicyclic) bond motifs is 1. The minimum Gasteiger partial charge on any atom is -0.376 e.